The van der Waals surface area contributed by atoms with Gasteiger partial charge in [0.15, 0.2) is 0 Å². The molecule has 0 aliphatic heterocycles. The number of benzene rings is 1. The lowest BCUT2D eigenvalue weighted by molar-refractivity contribution is 0.102. The van der Waals surface area contributed by atoms with E-state index in [2.05, 4.69) is 21.2 Å². The van der Waals surface area contributed by atoms with Crippen molar-refractivity contribution in [3.8, 4) is 5.75 Å². The van der Waals surface area contributed by atoms with Gasteiger partial charge in [0.2, 0.25) is 0 Å². The SMILES string of the molecule is CCOc1cccc(NC(=O)c2csc(Br)c2)c1. The van der Waals surface area contributed by atoms with Gasteiger partial charge in [0, 0.05) is 17.1 Å². The molecule has 1 aromatic carbocycles. The van der Waals surface area contributed by atoms with Gasteiger partial charge in [0.05, 0.1) is 16.0 Å². The summed E-state index contributed by atoms with van der Waals surface area (Å²) in [6.07, 6.45) is 0. The first-order valence-electron chi connectivity index (χ1n) is 5.47. The lowest BCUT2D eigenvalue weighted by atomic mass is 10.2. The molecule has 3 nitrogen and oxygen atoms in total. The molecule has 0 spiro atoms. The van der Waals surface area contributed by atoms with Gasteiger partial charge in [0.1, 0.15) is 5.75 Å². The van der Waals surface area contributed by atoms with Crippen LogP contribution in [0.5, 0.6) is 5.75 Å². The molecule has 1 amide bonds. The molecule has 0 atom stereocenters. The Morgan fingerprint density at radius 1 is 1.44 bits per heavy atom. The zero-order valence-corrected chi connectivity index (χ0v) is 12.2. The highest BCUT2D eigenvalue weighted by Gasteiger charge is 2.08. The maximum Gasteiger partial charge on any atom is 0.256 e. The fourth-order valence-electron chi connectivity index (χ4n) is 1.46. The molecule has 0 aliphatic rings. The highest BCUT2D eigenvalue weighted by atomic mass is 79.9. The van der Waals surface area contributed by atoms with Crippen LogP contribution in [-0.4, -0.2) is 12.5 Å². The number of carbonyl (C=O) groups excluding carboxylic acids is 1. The quantitative estimate of drug-likeness (QED) is 0.916. The minimum Gasteiger partial charge on any atom is -0.494 e. The summed E-state index contributed by atoms with van der Waals surface area (Å²) in [4.78, 5) is 11.9. The standard InChI is InChI=1S/C13H12BrNO2S/c1-2-17-11-5-3-4-10(7-11)15-13(16)9-6-12(14)18-8-9/h3-8H,2H2,1H3,(H,15,16). The largest absolute Gasteiger partial charge is 0.494 e. The number of ether oxygens (including phenoxy) is 1. The molecule has 94 valence electrons. The minimum absolute atomic E-state index is 0.120. The van der Waals surface area contributed by atoms with Crippen LogP contribution in [0.4, 0.5) is 5.69 Å². The Bertz CT molecular complexity index is 553. The van der Waals surface area contributed by atoms with Gasteiger partial charge in [-0.25, -0.2) is 0 Å². The van der Waals surface area contributed by atoms with E-state index in [4.69, 9.17) is 4.74 Å². The second kappa shape index (κ2) is 6.02. The molecule has 2 aromatic rings. The van der Waals surface area contributed by atoms with E-state index in [1.165, 1.54) is 11.3 Å². The third-order valence-electron chi connectivity index (χ3n) is 2.23. The van der Waals surface area contributed by atoms with E-state index in [-0.39, 0.29) is 5.91 Å². The fraction of sp³-hybridized carbons (Fsp3) is 0.154. The van der Waals surface area contributed by atoms with Crippen LogP contribution in [0.15, 0.2) is 39.5 Å². The van der Waals surface area contributed by atoms with Gasteiger partial charge in [-0.15, -0.1) is 11.3 Å². The lowest BCUT2D eigenvalue weighted by Gasteiger charge is -2.07. The number of halogens is 1. The molecule has 1 N–H and O–H groups in total. The van der Waals surface area contributed by atoms with E-state index in [1.807, 2.05) is 36.6 Å². The number of amides is 1. The molecule has 5 heteroatoms. The second-order valence-corrected chi connectivity index (χ2v) is 5.84. The Morgan fingerprint density at radius 3 is 2.94 bits per heavy atom. The number of carbonyl (C=O) groups is 1. The van der Waals surface area contributed by atoms with Gasteiger partial charge in [-0.2, -0.15) is 0 Å². The van der Waals surface area contributed by atoms with Crippen LogP contribution < -0.4 is 10.1 Å². The molecule has 0 fully saturated rings. The minimum atomic E-state index is -0.120. The highest BCUT2D eigenvalue weighted by molar-refractivity contribution is 9.11. The third-order valence-corrected chi connectivity index (χ3v) is 3.74. The van der Waals surface area contributed by atoms with Crippen molar-refractivity contribution in [1.82, 2.24) is 0 Å². The average molecular weight is 326 g/mol. The average Bonchev–Trinajstić information content (AvgIpc) is 2.77. The summed E-state index contributed by atoms with van der Waals surface area (Å²) >= 11 is 4.82. The molecule has 0 unspecified atom stereocenters. The van der Waals surface area contributed by atoms with Gasteiger partial charge in [-0.3, -0.25) is 4.79 Å². The van der Waals surface area contributed by atoms with Crippen molar-refractivity contribution in [3.05, 3.63) is 45.1 Å². The smallest absolute Gasteiger partial charge is 0.256 e. The summed E-state index contributed by atoms with van der Waals surface area (Å²) in [7, 11) is 0. The van der Waals surface area contributed by atoms with Crippen molar-refractivity contribution in [2.75, 3.05) is 11.9 Å². The first-order valence-corrected chi connectivity index (χ1v) is 7.14. The molecule has 1 heterocycles. The summed E-state index contributed by atoms with van der Waals surface area (Å²) in [6.45, 7) is 2.53. The van der Waals surface area contributed by atoms with E-state index in [0.29, 0.717) is 12.2 Å². The van der Waals surface area contributed by atoms with E-state index in [0.717, 1.165) is 15.2 Å². The molecule has 1 aromatic heterocycles. The Morgan fingerprint density at radius 2 is 2.28 bits per heavy atom. The normalized spacial score (nSPS) is 10.1. The third kappa shape index (κ3) is 3.34. The molecule has 2 rings (SSSR count). The number of thiophene rings is 1. The van der Waals surface area contributed by atoms with Crippen molar-refractivity contribution in [3.63, 3.8) is 0 Å². The van der Waals surface area contributed by atoms with Crippen LogP contribution in [0, 0.1) is 0 Å². The van der Waals surface area contributed by atoms with Crippen LogP contribution in [0.25, 0.3) is 0 Å². The summed E-state index contributed by atoms with van der Waals surface area (Å²) in [5, 5.41) is 4.65. The van der Waals surface area contributed by atoms with E-state index >= 15 is 0 Å². The number of hydrogen-bond acceptors (Lipinski definition) is 3. The Kier molecular flexibility index (Phi) is 4.38. The summed E-state index contributed by atoms with van der Waals surface area (Å²) in [5.74, 6) is 0.632. The van der Waals surface area contributed by atoms with Crippen molar-refractivity contribution in [1.29, 1.82) is 0 Å². The first kappa shape index (κ1) is 13.1. The molecule has 0 saturated carbocycles. The number of anilines is 1. The summed E-state index contributed by atoms with van der Waals surface area (Å²) in [6, 6.07) is 9.15. The predicted octanol–water partition coefficient (Wildman–Crippen LogP) is 4.16. The van der Waals surface area contributed by atoms with Crippen LogP contribution in [0.3, 0.4) is 0 Å². The van der Waals surface area contributed by atoms with E-state index in [1.54, 1.807) is 6.07 Å². The molecule has 18 heavy (non-hydrogen) atoms. The van der Waals surface area contributed by atoms with Gasteiger partial charge in [0.25, 0.3) is 5.91 Å². The molecule has 0 saturated heterocycles. The summed E-state index contributed by atoms with van der Waals surface area (Å²) in [5.41, 5.74) is 1.38. The predicted molar refractivity (Wildman–Crippen MR) is 77.6 cm³/mol. The maximum atomic E-state index is 11.9. The Labute approximate surface area is 118 Å². The molecule has 0 bridgehead atoms. The molecule has 0 aliphatic carbocycles. The summed E-state index contributed by atoms with van der Waals surface area (Å²) < 4.78 is 6.32. The maximum absolute atomic E-state index is 11.9. The van der Waals surface area contributed by atoms with Gasteiger partial charge < -0.3 is 10.1 Å². The van der Waals surface area contributed by atoms with E-state index < -0.39 is 0 Å². The molecular weight excluding hydrogens is 314 g/mol. The fourth-order valence-corrected chi connectivity index (χ4v) is 2.60. The van der Waals surface area contributed by atoms with Crippen LogP contribution in [0.1, 0.15) is 17.3 Å². The zero-order valence-electron chi connectivity index (χ0n) is 9.77. The van der Waals surface area contributed by atoms with Crippen molar-refractivity contribution >= 4 is 38.9 Å². The first-order chi connectivity index (χ1) is 8.69. The van der Waals surface area contributed by atoms with Crippen LogP contribution in [-0.2, 0) is 0 Å². The number of rotatable bonds is 4. The van der Waals surface area contributed by atoms with Crippen molar-refractivity contribution in [2.24, 2.45) is 0 Å². The molecule has 0 radical (unpaired) electrons. The second-order valence-electron chi connectivity index (χ2n) is 3.55. The van der Waals surface area contributed by atoms with Crippen LogP contribution >= 0.6 is 27.3 Å². The number of hydrogen-bond donors (Lipinski definition) is 1. The zero-order chi connectivity index (χ0) is 13.0. The Hall–Kier alpha value is -1.33. The van der Waals surface area contributed by atoms with Gasteiger partial charge in [-0.1, -0.05) is 6.07 Å². The van der Waals surface area contributed by atoms with Crippen LogP contribution in [0.2, 0.25) is 0 Å². The van der Waals surface area contributed by atoms with Crippen molar-refractivity contribution in [2.45, 2.75) is 6.92 Å². The lowest BCUT2D eigenvalue weighted by Crippen LogP contribution is -2.10. The molecular formula is C13H12BrNO2S. The van der Waals surface area contributed by atoms with Crippen molar-refractivity contribution < 1.29 is 9.53 Å². The van der Waals surface area contributed by atoms with Gasteiger partial charge in [-0.05, 0) is 41.1 Å². The number of nitrogens with one attached hydrogen (secondary N) is 1. The van der Waals surface area contributed by atoms with Gasteiger partial charge >= 0.3 is 0 Å². The Balaban J connectivity index is 2.09. The van der Waals surface area contributed by atoms with E-state index in [9.17, 15) is 4.79 Å². The monoisotopic (exact) mass is 325 g/mol. The topological polar surface area (TPSA) is 38.3 Å². The highest BCUT2D eigenvalue weighted by Crippen LogP contribution is 2.22.